The van der Waals surface area contributed by atoms with Crippen molar-refractivity contribution in [3.05, 3.63) is 65.5 Å². The number of carboxylic acids is 1. The number of hydrogen-bond acceptors (Lipinski definition) is 3. The van der Waals surface area contributed by atoms with Crippen LogP contribution in [0.15, 0.2) is 48.5 Å². The number of carbonyl (C=O) groups excluding carboxylic acids is 1. The summed E-state index contributed by atoms with van der Waals surface area (Å²) in [6, 6.07) is 14.8. The second-order valence-electron chi connectivity index (χ2n) is 5.87. The van der Waals surface area contributed by atoms with Gasteiger partial charge in [-0.1, -0.05) is 36.4 Å². The topological polar surface area (TPSA) is 79.3 Å². The predicted octanol–water partition coefficient (Wildman–Crippen LogP) is 2.70. The number of carboxylic acid groups (broad SMARTS) is 1. The summed E-state index contributed by atoms with van der Waals surface area (Å²) in [7, 11) is 0. The molecule has 23 heavy (non-hydrogen) atoms. The molecule has 0 radical (unpaired) electrons. The Kier molecular flexibility index (Phi) is 4.37. The molecule has 2 aromatic rings. The predicted molar refractivity (Wildman–Crippen MR) is 85.4 cm³/mol. The summed E-state index contributed by atoms with van der Waals surface area (Å²) in [4.78, 5) is 26.8. The first-order chi connectivity index (χ1) is 11.1. The van der Waals surface area contributed by atoms with Crippen molar-refractivity contribution in [1.82, 2.24) is 10.3 Å². The summed E-state index contributed by atoms with van der Waals surface area (Å²) in [5.74, 6) is -0.418. The third kappa shape index (κ3) is 3.56. The van der Waals surface area contributed by atoms with Crippen LogP contribution in [0.1, 0.15) is 45.3 Å². The first-order valence-corrected chi connectivity index (χ1v) is 7.67. The highest BCUT2D eigenvalue weighted by atomic mass is 16.4. The Hall–Kier alpha value is -2.69. The lowest BCUT2D eigenvalue weighted by Crippen LogP contribution is -2.35. The van der Waals surface area contributed by atoms with Gasteiger partial charge in [-0.3, -0.25) is 4.79 Å². The number of aromatic carboxylic acids is 1. The van der Waals surface area contributed by atoms with E-state index >= 15 is 0 Å². The van der Waals surface area contributed by atoms with Crippen LogP contribution in [0.5, 0.6) is 0 Å². The van der Waals surface area contributed by atoms with Gasteiger partial charge in [-0.05, 0) is 42.4 Å². The number of carbonyl (C=O) groups is 2. The van der Waals surface area contributed by atoms with Gasteiger partial charge in [-0.25, -0.2) is 9.78 Å². The van der Waals surface area contributed by atoms with E-state index in [1.807, 2.05) is 18.2 Å². The van der Waals surface area contributed by atoms with Gasteiger partial charge in [0.05, 0.1) is 0 Å². The van der Waals surface area contributed by atoms with Crippen LogP contribution in [0.3, 0.4) is 0 Å². The number of hydrogen-bond donors (Lipinski definition) is 2. The Morgan fingerprint density at radius 2 is 1.74 bits per heavy atom. The molecule has 0 spiro atoms. The maximum Gasteiger partial charge on any atom is 0.354 e. The van der Waals surface area contributed by atoms with E-state index in [1.165, 1.54) is 23.8 Å². The normalized spacial score (nSPS) is 19.7. The van der Waals surface area contributed by atoms with Gasteiger partial charge in [-0.2, -0.15) is 0 Å². The molecule has 2 N–H and O–H groups in total. The van der Waals surface area contributed by atoms with Crippen molar-refractivity contribution in [1.29, 1.82) is 0 Å². The zero-order valence-corrected chi connectivity index (χ0v) is 12.6. The summed E-state index contributed by atoms with van der Waals surface area (Å²) in [5.41, 5.74) is 1.38. The fourth-order valence-electron chi connectivity index (χ4n) is 2.91. The van der Waals surface area contributed by atoms with E-state index < -0.39 is 5.97 Å². The molecule has 0 bridgehead atoms. The molecule has 1 saturated carbocycles. The molecule has 3 rings (SSSR count). The monoisotopic (exact) mass is 310 g/mol. The lowest BCUT2D eigenvalue weighted by molar-refractivity contribution is 0.0690. The Labute approximate surface area is 134 Å². The van der Waals surface area contributed by atoms with E-state index in [9.17, 15) is 9.59 Å². The molecule has 0 atom stereocenters. The molecule has 118 valence electrons. The van der Waals surface area contributed by atoms with Gasteiger partial charge in [0, 0.05) is 6.54 Å². The van der Waals surface area contributed by atoms with Crippen LogP contribution in [0.4, 0.5) is 0 Å². The highest BCUT2D eigenvalue weighted by Crippen LogP contribution is 2.40. The third-order valence-electron chi connectivity index (χ3n) is 4.26. The SMILES string of the molecule is O=C(O)c1cccc(C(=O)NCC2CC(c3ccccc3)C2)n1. The minimum Gasteiger partial charge on any atom is -0.477 e. The molecule has 1 amide bonds. The number of nitrogens with one attached hydrogen (secondary N) is 1. The number of benzene rings is 1. The molecule has 1 aromatic heterocycles. The molecule has 0 saturated heterocycles. The molecule has 1 heterocycles. The number of nitrogens with zero attached hydrogens (tertiary/aromatic N) is 1. The lowest BCUT2D eigenvalue weighted by atomic mass is 9.71. The van der Waals surface area contributed by atoms with Crippen LogP contribution >= 0.6 is 0 Å². The minimum absolute atomic E-state index is 0.120. The summed E-state index contributed by atoms with van der Waals surface area (Å²) in [5, 5.41) is 11.7. The number of amides is 1. The average Bonchev–Trinajstić information content (AvgIpc) is 2.54. The molecule has 5 nitrogen and oxygen atoms in total. The summed E-state index contributed by atoms with van der Waals surface area (Å²) < 4.78 is 0. The van der Waals surface area contributed by atoms with Gasteiger partial charge < -0.3 is 10.4 Å². The van der Waals surface area contributed by atoms with Gasteiger partial charge in [0.25, 0.3) is 5.91 Å². The molecular weight excluding hydrogens is 292 g/mol. The van der Waals surface area contributed by atoms with Crippen LogP contribution in [0.25, 0.3) is 0 Å². The number of pyridine rings is 1. The average molecular weight is 310 g/mol. The van der Waals surface area contributed by atoms with Crippen molar-refractivity contribution >= 4 is 11.9 Å². The van der Waals surface area contributed by atoms with Gasteiger partial charge in [0.15, 0.2) is 0 Å². The largest absolute Gasteiger partial charge is 0.477 e. The van der Waals surface area contributed by atoms with Crippen LogP contribution in [-0.2, 0) is 0 Å². The van der Waals surface area contributed by atoms with Gasteiger partial charge in [0.1, 0.15) is 11.4 Å². The van der Waals surface area contributed by atoms with E-state index in [1.54, 1.807) is 0 Å². The van der Waals surface area contributed by atoms with Crippen molar-refractivity contribution in [2.24, 2.45) is 5.92 Å². The molecular formula is C18H18N2O3. The molecule has 1 aromatic carbocycles. The molecule has 1 fully saturated rings. The van der Waals surface area contributed by atoms with Crippen molar-refractivity contribution in [2.75, 3.05) is 6.54 Å². The van der Waals surface area contributed by atoms with Gasteiger partial charge in [-0.15, -0.1) is 0 Å². The quantitative estimate of drug-likeness (QED) is 0.890. The number of aromatic nitrogens is 1. The zero-order valence-electron chi connectivity index (χ0n) is 12.6. The van der Waals surface area contributed by atoms with E-state index in [2.05, 4.69) is 22.4 Å². The van der Waals surface area contributed by atoms with Crippen LogP contribution in [0.2, 0.25) is 0 Å². The first kappa shape index (κ1) is 15.2. The van der Waals surface area contributed by atoms with Gasteiger partial charge >= 0.3 is 5.97 Å². The minimum atomic E-state index is -1.13. The standard InChI is InChI=1S/C18H18N2O3/c21-17(15-7-4-8-16(20-15)18(22)23)19-11-12-9-14(10-12)13-5-2-1-3-6-13/h1-8,12,14H,9-11H2,(H,19,21)(H,22,23). The Morgan fingerprint density at radius 3 is 2.43 bits per heavy atom. The van der Waals surface area contributed by atoms with Crippen LogP contribution < -0.4 is 5.32 Å². The summed E-state index contributed by atoms with van der Waals surface area (Å²) in [6.07, 6.45) is 2.12. The first-order valence-electron chi connectivity index (χ1n) is 7.67. The Balaban J connectivity index is 1.49. The summed E-state index contributed by atoms with van der Waals surface area (Å²) in [6.45, 7) is 0.598. The Morgan fingerprint density at radius 1 is 1.04 bits per heavy atom. The second-order valence-corrected chi connectivity index (χ2v) is 5.87. The van der Waals surface area contributed by atoms with E-state index in [-0.39, 0.29) is 17.3 Å². The van der Waals surface area contributed by atoms with Crippen LogP contribution in [-0.4, -0.2) is 28.5 Å². The van der Waals surface area contributed by atoms with E-state index in [0.29, 0.717) is 18.4 Å². The lowest BCUT2D eigenvalue weighted by Gasteiger charge is -2.35. The molecule has 1 aliphatic carbocycles. The number of rotatable bonds is 5. The van der Waals surface area contributed by atoms with Crippen molar-refractivity contribution in [3.63, 3.8) is 0 Å². The van der Waals surface area contributed by atoms with E-state index in [0.717, 1.165) is 12.8 Å². The molecule has 5 heteroatoms. The van der Waals surface area contributed by atoms with Crippen molar-refractivity contribution < 1.29 is 14.7 Å². The molecule has 1 aliphatic rings. The van der Waals surface area contributed by atoms with Crippen molar-refractivity contribution in [3.8, 4) is 0 Å². The zero-order chi connectivity index (χ0) is 16.2. The second kappa shape index (κ2) is 6.60. The van der Waals surface area contributed by atoms with E-state index in [4.69, 9.17) is 5.11 Å². The maximum atomic E-state index is 12.0. The highest BCUT2D eigenvalue weighted by molar-refractivity contribution is 5.94. The van der Waals surface area contributed by atoms with Crippen LogP contribution in [0, 0.1) is 5.92 Å². The van der Waals surface area contributed by atoms with Gasteiger partial charge in [0.2, 0.25) is 0 Å². The molecule has 0 unspecified atom stereocenters. The smallest absolute Gasteiger partial charge is 0.354 e. The fourth-order valence-corrected chi connectivity index (χ4v) is 2.91. The summed E-state index contributed by atoms with van der Waals surface area (Å²) >= 11 is 0. The highest BCUT2D eigenvalue weighted by Gasteiger charge is 2.30. The maximum absolute atomic E-state index is 12.0. The Bertz CT molecular complexity index is 709. The molecule has 0 aliphatic heterocycles. The van der Waals surface area contributed by atoms with Crippen molar-refractivity contribution in [2.45, 2.75) is 18.8 Å². The third-order valence-corrected chi connectivity index (χ3v) is 4.26. The fraction of sp³-hybridized carbons (Fsp3) is 0.278.